The van der Waals surface area contributed by atoms with Gasteiger partial charge in [0.15, 0.2) is 0 Å². The molecule has 0 unspecified atom stereocenters. The van der Waals surface area contributed by atoms with E-state index in [1.54, 1.807) is 6.92 Å². The molecule has 1 aliphatic carbocycles. The predicted molar refractivity (Wildman–Crippen MR) is 91.7 cm³/mol. The van der Waals surface area contributed by atoms with E-state index in [2.05, 4.69) is 9.44 Å². The van der Waals surface area contributed by atoms with Crippen LogP contribution in [0, 0.1) is 12.7 Å². The van der Waals surface area contributed by atoms with Gasteiger partial charge in [-0.1, -0.05) is 12.1 Å². The molecular weight excluding hydrogens is 367 g/mol. The molecule has 0 saturated heterocycles. The molecule has 0 amide bonds. The Hall–Kier alpha value is -1.97. The van der Waals surface area contributed by atoms with E-state index in [1.807, 2.05) is 0 Å². The standard InChI is InChI=1S/C16H17FN2O4S2/c1-11-5-6-12(17)9-16(11)19-25(22,23)15-4-2-3-14(10-15)24(20,21)18-13-7-8-13/h2-6,9-10,13,18-19H,7-8H2,1H3. The van der Waals surface area contributed by atoms with E-state index >= 15 is 0 Å². The van der Waals surface area contributed by atoms with Crippen LogP contribution >= 0.6 is 0 Å². The van der Waals surface area contributed by atoms with Gasteiger partial charge in [0, 0.05) is 6.04 Å². The summed E-state index contributed by atoms with van der Waals surface area (Å²) >= 11 is 0. The molecule has 2 aromatic carbocycles. The molecule has 25 heavy (non-hydrogen) atoms. The van der Waals surface area contributed by atoms with Crippen LogP contribution in [0.1, 0.15) is 18.4 Å². The zero-order chi connectivity index (χ0) is 18.2. The monoisotopic (exact) mass is 384 g/mol. The minimum absolute atomic E-state index is 0.0849. The molecule has 0 aliphatic heterocycles. The van der Waals surface area contributed by atoms with Crippen molar-refractivity contribution in [3.05, 3.63) is 53.8 Å². The lowest BCUT2D eigenvalue weighted by molar-refractivity contribution is 0.580. The SMILES string of the molecule is Cc1ccc(F)cc1NS(=O)(=O)c1cccc(S(=O)(=O)NC2CC2)c1. The maximum Gasteiger partial charge on any atom is 0.261 e. The normalized spacial score (nSPS) is 15.1. The number of halogens is 1. The van der Waals surface area contributed by atoms with Gasteiger partial charge in [0.25, 0.3) is 10.0 Å². The van der Waals surface area contributed by atoms with Crippen molar-refractivity contribution in [1.29, 1.82) is 0 Å². The number of anilines is 1. The highest BCUT2D eigenvalue weighted by Gasteiger charge is 2.28. The Bertz CT molecular complexity index is 1020. The molecule has 2 N–H and O–H groups in total. The first-order chi connectivity index (χ1) is 11.7. The van der Waals surface area contributed by atoms with Gasteiger partial charge in [-0.2, -0.15) is 0 Å². The van der Waals surface area contributed by atoms with Crippen molar-refractivity contribution in [2.24, 2.45) is 0 Å². The molecule has 0 atom stereocenters. The van der Waals surface area contributed by atoms with Crippen LogP contribution in [0.4, 0.5) is 10.1 Å². The van der Waals surface area contributed by atoms with Gasteiger partial charge in [-0.3, -0.25) is 4.72 Å². The van der Waals surface area contributed by atoms with Crippen LogP contribution in [0.3, 0.4) is 0 Å². The summed E-state index contributed by atoms with van der Waals surface area (Å²) in [5, 5.41) is 0. The molecule has 0 aromatic heterocycles. The third kappa shape index (κ3) is 4.17. The fourth-order valence-corrected chi connectivity index (χ4v) is 4.80. The van der Waals surface area contributed by atoms with E-state index in [1.165, 1.54) is 30.3 Å². The Balaban J connectivity index is 1.92. The number of hydrogen-bond donors (Lipinski definition) is 2. The van der Waals surface area contributed by atoms with Gasteiger partial charge in [0.1, 0.15) is 5.82 Å². The molecule has 2 aromatic rings. The van der Waals surface area contributed by atoms with Crippen molar-refractivity contribution >= 4 is 25.7 Å². The highest BCUT2D eigenvalue weighted by Crippen LogP contribution is 2.25. The summed E-state index contributed by atoms with van der Waals surface area (Å²) in [5.41, 5.74) is 0.647. The maximum atomic E-state index is 13.4. The largest absolute Gasteiger partial charge is 0.279 e. The molecule has 9 heteroatoms. The second kappa shape index (κ2) is 6.40. The zero-order valence-corrected chi connectivity index (χ0v) is 15.0. The zero-order valence-electron chi connectivity index (χ0n) is 13.4. The Morgan fingerprint density at radius 3 is 2.24 bits per heavy atom. The van der Waals surface area contributed by atoms with Gasteiger partial charge in [-0.25, -0.2) is 25.9 Å². The summed E-state index contributed by atoms with van der Waals surface area (Å²) in [4.78, 5) is -0.340. The Kier molecular flexibility index (Phi) is 4.56. The van der Waals surface area contributed by atoms with Gasteiger partial charge < -0.3 is 0 Å². The molecule has 0 radical (unpaired) electrons. The summed E-state index contributed by atoms with van der Waals surface area (Å²) < 4.78 is 67.7. The van der Waals surface area contributed by atoms with Crippen molar-refractivity contribution in [2.45, 2.75) is 35.6 Å². The summed E-state index contributed by atoms with van der Waals surface area (Å²) in [7, 11) is -7.83. The summed E-state index contributed by atoms with van der Waals surface area (Å²) in [6.07, 6.45) is 1.55. The van der Waals surface area contributed by atoms with E-state index in [0.29, 0.717) is 5.56 Å². The Morgan fingerprint density at radius 1 is 0.960 bits per heavy atom. The third-order valence-corrected chi connectivity index (χ3v) is 6.65. The predicted octanol–water partition coefficient (Wildman–Crippen LogP) is 2.38. The van der Waals surface area contributed by atoms with Gasteiger partial charge >= 0.3 is 0 Å². The maximum absolute atomic E-state index is 13.4. The number of benzene rings is 2. The highest BCUT2D eigenvalue weighted by molar-refractivity contribution is 7.93. The van der Waals surface area contributed by atoms with E-state index in [9.17, 15) is 21.2 Å². The number of nitrogens with one attached hydrogen (secondary N) is 2. The molecule has 1 saturated carbocycles. The quantitative estimate of drug-likeness (QED) is 0.800. The molecule has 0 bridgehead atoms. The molecule has 134 valence electrons. The number of aryl methyl sites for hydroxylation is 1. The van der Waals surface area contributed by atoms with Gasteiger partial charge in [0.2, 0.25) is 10.0 Å². The molecule has 6 nitrogen and oxygen atoms in total. The number of rotatable bonds is 6. The summed E-state index contributed by atoms with van der Waals surface area (Å²) in [6, 6.07) is 8.72. The first-order valence-corrected chi connectivity index (χ1v) is 10.6. The lowest BCUT2D eigenvalue weighted by Gasteiger charge is -2.12. The lowest BCUT2D eigenvalue weighted by atomic mass is 10.2. The van der Waals surface area contributed by atoms with Crippen molar-refractivity contribution in [2.75, 3.05) is 4.72 Å². The van der Waals surface area contributed by atoms with Crippen LogP contribution in [-0.4, -0.2) is 22.9 Å². The lowest BCUT2D eigenvalue weighted by Crippen LogP contribution is -2.26. The minimum atomic E-state index is -4.06. The first-order valence-electron chi connectivity index (χ1n) is 7.59. The van der Waals surface area contributed by atoms with Gasteiger partial charge in [0.05, 0.1) is 15.5 Å². The molecule has 0 heterocycles. The average molecular weight is 384 g/mol. The van der Waals surface area contributed by atoms with E-state index in [0.717, 1.165) is 25.0 Å². The van der Waals surface area contributed by atoms with Crippen molar-refractivity contribution in [3.63, 3.8) is 0 Å². The minimum Gasteiger partial charge on any atom is -0.279 e. The van der Waals surface area contributed by atoms with E-state index in [4.69, 9.17) is 0 Å². The molecule has 0 spiro atoms. The average Bonchev–Trinajstić information content (AvgIpc) is 3.34. The molecule has 1 aliphatic rings. The molecule has 3 rings (SSSR count). The van der Waals surface area contributed by atoms with Crippen molar-refractivity contribution in [1.82, 2.24) is 4.72 Å². The number of sulfonamides is 2. The fraction of sp³-hybridized carbons (Fsp3) is 0.250. The van der Waals surface area contributed by atoms with Gasteiger partial charge in [-0.05, 0) is 55.7 Å². The van der Waals surface area contributed by atoms with Crippen molar-refractivity contribution in [3.8, 4) is 0 Å². The van der Waals surface area contributed by atoms with Crippen LogP contribution in [0.5, 0.6) is 0 Å². The summed E-state index contributed by atoms with van der Waals surface area (Å²) in [6.45, 7) is 1.64. The van der Waals surface area contributed by atoms with Crippen LogP contribution < -0.4 is 9.44 Å². The van der Waals surface area contributed by atoms with Crippen LogP contribution in [0.15, 0.2) is 52.3 Å². The first kappa shape index (κ1) is 17.8. The Labute approximate surface area is 146 Å². The Morgan fingerprint density at radius 2 is 1.60 bits per heavy atom. The smallest absolute Gasteiger partial charge is 0.261 e. The van der Waals surface area contributed by atoms with Crippen LogP contribution in [0.2, 0.25) is 0 Å². The second-order valence-corrected chi connectivity index (χ2v) is 9.33. The van der Waals surface area contributed by atoms with Gasteiger partial charge in [-0.15, -0.1) is 0 Å². The summed E-state index contributed by atoms with van der Waals surface area (Å²) in [5.74, 6) is -0.576. The second-order valence-electron chi connectivity index (χ2n) is 5.94. The van der Waals surface area contributed by atoms with Crippen LogP contribution in [-0.2, 0) is 20.0 Å². The third-order valence-electron chi connectivity index (χ3n) is 3.77. The molecular formula is C16H17FN2O4S2. The van der Waals surface area contributed by atoms with Crippen molar-refractivity contribution < 1.29 is 21.2 Å². The van der Waals surface area contributed by atoms with E-state index < -0.39 is 25.9 Å². The number of hydrogen-bond acceptors (Lipinski definition) is 4. The molecule has 1 fully saturated rings. The highest BCUT2D eigenvalue weighted by atomic mass is 32.2. The van der Waals surface area contributed by atoms with Crippen LogP contribution in [0.25, 0.3) is 0 Å². The topological polar surface area (TPSA) is 92.3 Å². The van der Waals surface area contributed by atoms with E-state index in [-0.39, 0.29) is 21.5 Å². The fourth-order valence-electron chi connectivity index (χ4n) is 2.21.